The lowest BCUT2D eigenvalue weighted by Crippen LogP contribution is -2.15. The molecular formula is C10H19NO. The van der Waals surface area contributed by atoms with E-state index in [2.05, 4.69) is 32.7 Å². The molecule has 12 heavy (non-hydrogen) atoms. The second kappa shape index (κ2) is 5.10. The lowest BCUT2D eigenvalue weighted by Gasteiger charge is -2.25. The predicted octanol–water partition coefficient (Wildman–Crippen LogP) is 2.78. The number of carbonyl (C=O) groups excluding carboxylic acids is 1. The molecule has 0 spiro atoms. The van der Waals surface area contributed by atoms with E-state index in [1.54, 1.807) is 6.08 Å². The highest BCUT2D eigenvalue weighted by atomic mass is 16.1. The Morgan fingerprint density at radius 1 is 1.42 bits per heavy atom. The molecule has 0 aromatic heterocycles. The Morgan fingerprint density at radius 2 is 2.00 bits per heavy atom. The van der Waals surface area contributed by atoms with Gasteiger partial charge in [0, 0.05) is 0 Å². The molecular weight excluding hydrogens is 150 g/mol. The van der Waals surface area contributed by atoms with Gasteiger partial charge < -0.3 is 0 Å². The first kappa shape index (κ1) is 11.4. The van der Waals surface area contributed by atoms with Crippen LogP contribution in [0, 0.1) is 11.3 Å². The van der Waals surface area contributed by atoms with Crippen LogP contribution in [0.25, 0.3) is 0 Å². The van der Waals surface area contributed by atoms with Gasteiger partial charge in [-0.05, 0) is 24.2 Å². The summed E-state index contributed by atoms with van der Waals surface area (Å²) in [6.45, 7) is 9.47. The molecule has 2 nitrogen and oxygen atoms in total. The van der Waals surface area contributed by atoms with Gasteiger partial charge in [0.2, 0.25) is 6.08 Å². The van der Waals surface area contributed by atoms with E-state index in [4.69, 9.17) is 0 Å². The summed E-state index contributed by atoms with van der Waals surface area (Å²) in [4.78, 5) is 13.4. The predicted molar refractivity (Wildman–Crippen MR) is 50.8 cm³/mol. The minimum atomic E-state index is 0.300. The van der Waals surface area contributed by atoms with Gasteiger partial charge in [-0.3, -0.25) is 0 Å². The van der Waals surface area contributed by atoms with Gasteiger partial charge in [0.15, 0.2) is 0 Å². The Labute approximate surface area is 75.1 Å². The van der Waals surface area contributed by atoms with Crippen molar-refractivity contribution in [3.8, 4) is 0 Å². The molecule has 70 valence electrons. The van der Waals surface area contributed by atoms with Crippen molar-refractivity contribution in [3.05, 3.63) is 0 Å². The summed E-state index contributed by atoms with van der Waals surface area (Å²) in [5.41, 5.74) is 0.300. The molecule has 0 aliphatic heterocycles. The summed E-state index contributed by atoms with van der Waals surface area (Å²) in [6, 6.07) is 0. The van der Waals surface area contributed by atoms with Gasteiger partial charge in [-0.25, -0.2) is 9.79 Å². The van der Waals surface area contributed by atoms with Gasteiger partial charge in [-0.1, -0.05) is 27.7 Å². The maximum atomic E-state index is 9.82. The van der Waals surface area contributed by atoms with Gasteiger partial charge in [-0.2, -0.15) is 0 Å². The van der Waals surface area contributed by atoms with Crippen LogP contribution < -0.4 is 0 Å². The molecule has 0 radical (unpaired) electrons. The highest BCUT2D eigenvalue weighted by molar-refractivity contribution is 5.32. The molecule has 0 aliphatic rings. The van der Waals surface area contributed by atoms with Crippen molar-refractivity contribution in [1.82, 2.24) is 0 Å². The normalized spacial score (nSPS) is 11.4. The summed E-state index contributed by atoms with van der Waals surface area (Å²) in [6.07, 6.45) is 3.72. The largest absolute Gasteiger partial charge is 0.234 e. The van der Waals surface area contributed by atoms with Gasteiger partial charge >= 0.3 is 0 Å². The molecule has 0 aromatic rings. The standard InChI is InChI=1S/C10H19NO/c1-9(2)7-10(3,4)5-6-11-8-12/h9H,5-7H2,1-4H3. The summed E-state index contributed by atoms with van der Waals surface area (Å²) in [5, 5.41) is 0. The van der Waals surface area contributed by atoms with Crippen LogP contribution in [-0.2, 0) is 4.79 Å². The maximum absolute atomic E-state index is 9.82. The third kappa shape index (κ3) is 6.11. The van der Waals surface area contributed by atoms with Crippen molar-refractivity contribution < 1.29 is 4.79 Å². The Bertz CT molecular complexity index is 167. The molecule has 0 aliphatic carbocycles. The highest BCUT2D eigenvalue weighted by Gasteiger charge is 2.18. The first-order chi connectivity index (χ1) is 5.48. The molecule has 0 unspecified atom stereocenters. The third-order valence-corrected chi connectivity index (χ3v) is 1.93. The Hall–Kier alpha value is -0.620. The van der Waals surface area contributed by atoms with Crippen LogP contribution in [0.1, 0.15) is 40.5 Å². The molecule has 0 N–H and O–H groups in total. The molecule has 0 saturated heterocycles. The first-order valence-electron chi connectivity index (χ1n) is 4.51. The van der Waals surface area contributed by atoms with Crippen LogP contribution in [0.3, 0.4) is 0 Å². The van der Waals surface area contributed by atoms with E-state index in [1.165, 1.54) is 6.42 Å². The molecule has 2 heteroatoms. The van der Waals surface area contributed by atoms with Crippen molar-refractivity contribution in [2.75, 3.05) is 6.54 Å². The second-order valence-electron chi connectivity index (χ2n) is 4.49. The fourth-order valence-electron chi connectivity index (χ4n) is 1.61. The highest BCUT2D eigenvalue weighted by Crippen LogP contribution is 2.28. The van der Waals surface area contributed by atoms with Crippen molar-refractivity contribution in [2.45, 2.75) is 40.5 Å². The Kier molecular flexibility index (Phi) is 4.84. The number of nitrogens with zero attached hydrogens (tertiary/aromatic N) is 1. The van der Waals surface area contributed by atoms with Crippen LogP contribution in [0.4, 0.5) is 0 Å². The minimum Gasteiger partial charge on any atom is -0.211 e. The summed E-state index contributed by atoms with van der Waals surface area (Å²) >= 11 is 0. The van der Waals surface area contributed by atoms with Crippen LogP contribution in [0.15, 0.2) is 4.99 Å². The quantitative estimate of drug-likeness (QED) is 0.459. The molecule has 0 heterocycles. The molecule has 0 fully saturated rings. The van der Waals surface area contributed by atoms with Gasteiger partial charge in [0.1, 0.15) is 0 Å². The number of isocyanates is 1. The van der Waals surface area contributed by atoms with E-state index in [-0.39, 0.29) is 0 Å². The first-order valence-corrected chi connectivity index (χ1v) is 4.51. The fourth-order valence-corrected chi connectivity index (χ4v) is 1.61. The average molecular weight is 169 g/mol. The van der Waals surface area contributed by atoms with Crippen molar-refractivity contribution in [3.63, 3.8) is 0 Å². The fraction of sp³-hybridized carbons (Fsp3) is 0.900. The number of rotatable bonds is 5. The van der Waals surface area contributed by atoms with Crippen LogP contribution in [0.5, 0.6) is 0 Å². The molecule has 0 aromatic carbocycles. The van der Waals surface area contributed by atoms with Crippen LogP contribution in [-0.4, -0.2) is 12.6 Å². The number of aliphatic imine (C=N–C) groups is 1. The number of hydrogen-bond acceptors (Lipinski definition) is 2. The van der Waals surface area contributed by atoms with E-state index in [0.29, 0.717) is 17.9 Å². The summed E-state index contributed by atoms with van der Waals surface area (Å²) in [7, 11) is 0. The monoisotopic (exact) mass is 169 g/mol. The molecule has 0 amide bonds. The Balaban J connectivity index is 3.78. The van der Waals surface area contributed by atoms with Crippen LogP contribution >= 0.6 is 0 Å². The van der Waals surface area contributed by atoms with E-state index in [9.17, 15) is 4.79 Å². The lowest BCUT2D eigenvalue weighted by molar-refractivity contribution is 0.270. The van der Waals surface area contributed by atoms with Gasteiger partial charge in [0.25, 0.3) is 0 Å². The second-order valence-corrected chi connectivity index (χ2v) is 4.49. The molecule has 0 saturated carbocycles. The zero-order chi connectivity index (χ0) is 9.61. The zero-order valence-electron chi connectivity index (χ0n) is 8.55. The molecule has 0 rings (SSSR count). The van der Waals surface area contributed by atoms with Gasteiger partial charge in [0.05, 0.1) is 6.54 Å². The topological polar surface area (TPSA) is 29.4 Å². The average Bonchev–Trinajstić information content (AvgIpc) is 1.84. The number of hydrogen-bond donors (Lipinski definition) is 0. The molecule has 0 atom stereocenters. The minimum absolute atomic E-state index is 0.300. The van der Waals surface area contributed by atoms with Gasteiger partial charge in [-0.15, -0.1) is 0 Å². The summed E-state index contributed by atoms with van der Waals surface area (Å²) in [5.74, 6) is 0.709. The van der Waals surface area contributed by atoms with E-state index >= 15 is 0 Å². The van der Waals surface area contributed by atoms with Crippen molar-refractivity contribution in [1.29, 1.82) is 0 Å². The SMILES string of the molecule is CC(C)CC(C)(C)CCN=C=O. The zero-order valence-corrected chi connectivity index (χ0v) is 8.55. The molecule has 0 bridgehead atoms. The van der Waals surface area contributed by atoms with Crippen LogP contribution in [0.2, 0.25) is 0 Å². The Morgan fingerprint density at radius 3 is 2.42 bits per heavy atom. The van der Waals surface area contributed by atoms with E-state index in [1.807, 2.05) is 0 Å². The smallest absolute Gasteiger partial charge is 0.211 e. The lowest BCUT2D eigenvalue weighted by atomic mass is 9.81. The van der Waals surface area contributed by atoms with E-state index in [0.717, 1.165) is 6.42 Å². The van der Waals surface area contributed by atoms with Crippen molar-refractivity contribution in [2.24, 2.45) is 16.3 Å². The van der Waals surface area contributed by atoms with Crippen molar-refractivity contribution >= 4 is 6.08 Å². The maximum Gasteiger partial charge on any atom is 0.234 e. The summed E-state index contributed by atoms with van der Waals surface area (Å²) < 4.78 is 0. The third-order valence-electron chi connectivity index (χ3n) is 1.93. The van der Waals surface area contributed by atoms with E-state index < -0.39 is 0 Å².